The second-order valence-electron chi connectivity index (χ2n) is 5.16. The first-order valence-electron chi connectivity index (χ1n) is 7.18. The molecule has 1 aliphatic rings. The lowest BCUT2D eigenvalue weighted by atomic mass is 10.1. The molecule has 0 saturated carbocycles. The summed E-state index contributed by atoms with van der Waals surface area (Å²) in [5, 5.41) is 8.99. The van der Waals surface area contributed by atoms with Gasteiger partial charge in [-0.2, -0.15) is 5.26 Å². The van der Waals surface area contributed by atoms with Gasteiger partial charge in [-0.1, -0.05) is 0 Å². The van der Waals surface area contributed by atoms with Crippen LogP contribution in [0.2, 0.25) is 0 Å². The van der Waals surface area contributed by atoms with Crippen molar-refractivity contribution in [3.8, 4) is 17.6 Å². The van der Waals surface area contributed by atoms with E-state index < -0.39 is 6.10 Å². The van der Waals surface area contributed by atoms with Crippen molar-refractivity contribution in [2.24, 2.45) is 0 Å². The summed E-state index contributed by atoms with van der Waals surface area (Å²) in [4.78, 5) is 14.2. The quantitative estimate of drug-likeness (QED) is 0.853. The van der Waals surface area contributed by atoms with Gasteiger partial charge in [0.05, 0.1) is 18.7 Å². The van der Waals surface area contributed by atoms with Gasteiger partial charge in [-0.05, 0) is 38.3 Å². The summed E-state index contributed by atoms with van der Waals surface area (Å²) in [5.74, 6) is 1.02. The van der Waals surface area contributed by atoms with Crippen molar-refractivity contribution in [1.82, 2.24) is 4.90 Å². The molecule has 1 aliphatic heterocycles. The molecule has 0 aliphatic carbocycles. The predicted molar refractivity (Wildman–Crippen MR) is 78.2 cm³/mol. The lowest BCUT2D eigenvalue weighted by Gasteiger charge is -2.29. The Hall–Kier alpha value is -2.22. The molecule has 1 aromatic rings. The number of nitrogens with zero attached hydrogens (tertiary/aromatic N) is 2. The number of benzene rings is 1. The monoisotopic (exact) mass is 288 g/mol. The fourth-order valence-electron chi connectivity index (χ4n) is 2.45. The minimum Gasteiger partial charge on any atom is -0.497 e. The van der Waals surface area contributed by atoms with Crippen LogP contribution in [0.25, 0.3) is 0 Å². The van der Waals surface area contributed by atoms with Crippen LogP contribution < -0.4 is 9.47 Å². The van der Waals surface area contributed by atoms with Gasteiger partial charge in [-0.3, -0.25) is 4.79 Å². The molecule has 0 bridgehead atoms. The zero-order chi connectivity index (χ0) is 15.2. The molecule has 1 saturated heterocycles. The van der Waals surface area contributed by atoms with Gasteiger partial charge in [0.2, 0.25) is 0 Å². The average Bonchev–Trinajstić information content (AvgIpc) is 2.54. The first-order chi connectivity index (χ1) is 10.1. The number of methoxy groups -OCH3 is 1. The third-order valence-electron chi connectivity index (χ3n) is 3.57. The molecule has 5 heteroatoms. The van der Waals surface area contributed by atoms with E-state index in [4.69, 9.17) is 14.7 Å². The van der Waals surface area contributed by atoms with E-state index in [9.17, 15) is 4.79 Å². The Morgan fingerprint density at radius 3 is 2.52 bits per heavy atom. The van der Waals surface area contributed by atoms with E-state index in [0.29, 0.717) is 17.1 Å². The summed E-state index contributed by atoms with van der Waals surface area (Å²) in [5.41, 5.74) is 0.446. The van der Waals surface area contributed by atoms with Gasteiger partial charge < -0.3 is 14.4 Å². The normalized spacial score (nSPS) is 16.0. The average molecular weight is 288 g/mol. The molecule has 21 heavy (non-hydrogen) atoms. The standard InChI is InChI=1S/C16H20N2O3/c1-12(16(19)18-6-4-3-5-7-18)21-15-9-13(11-17)8-14(10-15)20-2/h8-10,12H,3-7H2,1-2H3. The van der Waals surface area contributed by atoms with E-state index in [-0.39, 0.29) is 5.91 Å². The van der Waals surface area contributed by atoms with Crippen LogP contribution in [-0.2, 0) is 4.79 Å². The van der Waals surface area contributed by atoms with E-state index in [1.54, 1.807) is 25.1 Å². The molecule has 0 spiro atoms. The van der Waals surface area contributed by atoms with E-state index in [0.717, 1.165) is 25.9 Å². The molecular weight excluding hydrogens is 268 g/mol. The number of piperidine rings is 1. The Balaban J connectivity index is 2.06. The predicted octanol–water partition coefficient (Wildman–Crippen LogP) is 2.35. The van der Waals surface area contributed by atoms with Crippen molar-refractivity contribution in [3.63, 3.8) is 0 Å². The van der Waals surface area contributed by atoms with Crippen molar-refractivity contribution in [2.45, 2.75) is 32.3 Å². The Morgan fingerprint density at radius 1 is 1.24 bits per heavy atom. The van der Waals surface area contributed by atoms with Gasteiger partial charge in [-0.25, -0.2) is 0 Å². The topological polar surface area (TPSA) is 62.6 Å². The molecule has 0 radical (unpaired) electrons. The molecule has 0 N–H and O–H groups in total. The maximum atomic E-state index is 12.3. The number of rotatable bonds is 4. The van der Waals surface area contributed by atoms with E-state index in [2.05, 4.69) is 6.07 Å². The third kappa shape index (κ3) is 3.88. The fraction of sp³-hybridized carbons (Fsp3) is 0.500. The van der Waals surface area contributed by atoms with Gasteiger partial charge in [0, 0.05) is 19.2 Å². The Labute approximate surface area is 125 Å². The number of hydrogen-bond donors (Lipinski definition) is 0. The van der Waals surface area contributed by atoms with E-state index >= 15 is 0 Å². The molecule has 1 atom stereocenters. The van der Waals surface area contributed by atoms with E-state index in [1.165, 1.54) is 13.5 Å². The van der Waals surface area contributed by atoms with Crippen LogP contribution >= 0.6 is 0 Å². The van der Waals surface area contributed by atoms with Crippen LogP contribution in [0.5, 0.6) is 11.5 Å². The minimum absolute atomic E-state index is 0.00368. The van der Waals surface area contributed by atoms with Crippen LogP contribution in [0.4, 0.5) is 0 Å². The number of ether oxygens (including phenoxy) is 2. The van der Waals surface area contributed by atoms with Gasteiger partial charge in [0.25, 0.3) is 5.91 Å². The number of likely N-dealkylation sites (tertiary alicyclic amines) is 1. The molecule has 2 rings (SSSR count). The SMILES string of the molecule is COc1cc(C#N)cc(OC(C)C(=O)N2CCCCC2)c1. The van der Waals surface area contributed by atoms with E-state index in [1.807, 2.05) is 4.90 Å². The van der Waals surface area contributed by atoms with Crippen molar-refractivity contribution in [1.29, 1.82) is 5.26 Å². The van der Waals surface area contributed by atoms with Gasteiger partial charge in [-0.15, -0.1) is 0 Å². The Morgan fingerprint density at radius 2 is 1.90 bits per heavy atom. The van der Waals surface area contributed by atoms with Gasteiger partial charge >= 0.3 is 0 Å². The zero-order valence-corrected chi connectivity index (χ0v) is 12.5. The lowest BCUT2D eigenvalue weighted by molar-refractivity contribution is -0.138. The van der Waals surface area contributed by atoms with Crippen LogP contribution in [-0.4, -0.2) is 37.1 Å². The van der Waals surface area contributed by atoms with Crippen molar-refractivity contribution in [2.75, 3.05) is 20.2 Å². The maximum Gasteiger partial charge on any atom is 0.263 e. The highest BCUT2D eigenvalue weighted by Crippen LogP contribution is 2.23. The molecule has 5 nitrogen and oxygen atoms in total. The molecule has 1 amide bonds. The largest absolute Gasteiger partial charge is 0.497 e. The number of nitriles is 1. The summed E-state index contributed by atoms with van der Waals surface area (Å²) in [6, 6.07) is 6.98. The van der Waals surface area contributed by atoms with Crippen LogP contribution in [0.3, 0.4) is 0 Å². The fourth-order valence-corrected chi connectivity index (χ4v) is 2.45. The maximum absolute atomic E-state index is 12.3. The molecule has 1 aromatic carbocycles. The molecule has 0 aromatic heterocycles. The van der Waals surface area contributed by atoms with Gasteiger partial charge in [0.15, 0.2) is 6.10 Å². The smallest absolute Gasteiger partial charge is 0.263 e. The summed E-state index contributed by atoms with van der Waals surface area (Å²) < 4.78 is 10.8. The molecule has 1 heterocycles. The number of hydrogen-bond acceptors (Lipinski definition) is 4. The molecule has 1 fully saturated rings. The van der Waals surface area contributed by atoms with Crippen molar-refractivity contribution < 1.29 is 14.3 Å². The third-order valence-corrected chi connectivity index (χ3v) is 3.57. The number of carbonyl (C=O) groups excluding carboxylic acids is 1. The highest BCUT2D eigenvalue weighted by atomic mass is 16.5. The highest BCUT2D eigenvalue weighted by molar-refractivity contribution is 5.81. The Kier molecular flexibility index (Phi) is 5.04. The highest BCUT2D eigenvalue weighted by Gasteiger charge is 2.23. The van der Waals surface area contributed by atoms with Crippen molar-refractivity contribution >= 4 is 5.91 Å². The summed E-state index contributed by atoms with van der Waals surface area (Å²) >= 11 is 0. The second kappa shape index (κ2) is 6.98. The first kappa shape index (κ1) is 15.2. The summed E-state index contributed by atoms with van der Waals surface area (Å²) in [6.07, 6.45) is 2.72. The second-order valence-corrected chi connectivity index (χ2v) is 5.16. The van der Waals surface area contributed by atoms with Crippen molar-refractivity contribution in [3.05, 3.63) is 23.8 Å². The summed E-state index contributed by atoms with van der Waals surface area (Å²) in [7, 11) is 1.53. The first-order valence-corrected chi connectivity index (χ1v) is 7.18. The molecular formula is C16H20N2O3. The zero-order valence-electron chi connectivity index (χ0n) is 12.5. The number of amides is 1. The summed E-state index contributed by atoms with van der Waals surface area (Å²) in [6.45, 7) is 3.34. The lowest BCUT2D eigenvalue weighted by Crippen LogP contribution is -2.43. The van der Waals surface area contributed by atoms with Crippen LogP contribution in [0.1, 0.15) is 31.7 Å². The molecule has 1 unspecified atom stereocenters. The number of carbonyl (C=O) groups is 1. The van der Waals surface area contributed by atoms with Crippen LogP contribution in [0.15, 0.2) is 18.2 Å². The molecule has 112 valence electrons. The van der Waals surface area contributed by atoms with Crippen LogP contribution in [0, 0.1) is 11.3 Å². The minimum atomic E-state index is -0.568. The van der Waals surface area contributed by atoms with Gasteiger partial charge in [0.1, 0.15) is 11.5 Å². The Bertz CT molecular complexity index is 545.